The van der Waals surface area contributed by atoms with Crippen LogP contribution >= 0.6 is 0 Å². The molecule has 1 atom stereocenters. The Labute approximate surface area is 84.4 Å². The van der Waals surface area contributed by atoms with Gasteiger partial charge < -0.3 is 15.0 Å². The van der Waals surface area contributed by atoms with Crippen molar-refractivity contribution in [3.8, 4) is 0 Å². The van der Waals surface area contributed by atoms with Gasteiger partial charge in [0.15, 0.2) is 0 Å². The fourth-order valence-electron chi connectivity index (χ4n) is 1.05. The molecular formula is C9H18N2O3. The number of rotatable bonds is 4. The summed E-state index contributed by atoms with van der Waals surface area (Å²) >= 11 is 0. The minimum absolute atomic E-state index is 0.0823. The molecule has 2 amide bonds. The second kappa shape index (κ2) is 6.23. The number of hydrogen-bond acceptors (Lipinski definition) is 3. The predicted octanol–water partition coefficient (Wildman–Crippen LogP) is 0.457. The van der Waals surface area contributed by atoms with E-state index in [4.69, 9.17) is 4.74 Å². The normalized spacial score (nSPS) is 11.7. The predicted molar refractivity (Wildman–Crippen MR) is 52.9 cm³/mol. The van der Waals surface area contributed by atoms with Gasteiger partial charge in [-0.05, 0) is 6.92 Å². The van der Waals surface area contributed by atoms with E-state index < -0.39 is 6.09 Å². The number of hydrogen-bond donors (Lipinski definition) is 1. The van der Waals surface area contributed by atoms with Crippen LogP contribution in [0.3, 0.4) is 0 Å². The Hall–Kier alpha value is -1.26. The SMILES string of the molecule is CCOC(=O)N(C)CC(C)C(=O)NC. The summed E-state index contributed by atoms with van der Waals surface area (Å²) in [5, 5.41) is 2.52. The Kier molecular flexibility index (Phi) is 5.67. The average molecular weight is 202 g/mol. The second-order valence-corrected chi connectivity index (χ2v) is 3.09. The van der Waals surface area contributed by atoms with Crippen molar-refractivity contribution in [1.29, 1.82) is 0 Å². The molecule has 0 spiro atoms. The molecule has 0 aromatic heterocycles. The second-order valence-electron chi connectivity index (χ2n) is 3.09. The number of ether oxygens (including phenoxy) is 1. The van der Waals surface area contributed by atoms with E-state index in [-0.39, 0.29) is 11.8 Å². The zero-order valence-corrected chi connectivity index (χ0v) is 9.16. The third-order valence-electron chi connectivity index (χ3n) is 1.82. The van der Waals surface area contributed by atoms with Crippen LogP contribution in [0.15, 0.2) is 0 Å². The molecule has 0 radical (unpaired) electrons. The lowest BCUT2D eigenvalue weighted by Crippen LogP contribution is -2.37. The van der Waals surface area contributed by atoms with Gasteiger partial charge in [0.2, 0.25) is 5.91 Å². The fourth-order valence-corrected chi connectivity index (χ4v) is 1.05. The van der Waals surface area contributed by atoms with E-state index in [1.165, 1.54) is 4.90 Å². The smallest absolute Gasteiger partial charge is 0.409 e. The summed E-state index contributed by atoms with van der Waals surface area (Å²) in [5.41, 5.74) is 0. The number of amides is 2. The van der Waals surface area contributed by atoms with Crippen LogP contribution in [-0.4, -0.2) is 44.1 Å². The number of nitrogens with zero attached hydrogens (tertiary/aromatic N) is 1. The van der Waals surface area contributed by atoms with Gasteiger partial charge >= 0.3 is 6.09 Å². The van der Waals surface area contributed by atoms with Crippen molar-refractivity contribution in [2.24, 2.45) is 5.92 Å². The largest absolute Gasteiger partial charge is 0.450 e. The molecule has 0 aliphatic carbocycles. The zero-order valence-electron chi connectivity index (χ0n) is 9.16. The van der Waals surface area contributed by atoms with Gasteiger partial charge in [0.25, 0.3) is 0 Å². The molecular weight excluding hydrogens is 184 g/mol. The summed E-state index contributed by atoms with van der Waals surface area (Å²) in [6, 6.07) is 0. The van der Waals surface area contributed by atoms with E-state index >= 15 is 0 Å². The van der Waals surface area contributed by atoms with Gasteiger partial charge in [-0.25, -0.2) is 4.79 Å². The molecule has 1 N–H and O–H groups in total. The van der Waals surface area contributed by atoms with E-state index in [0.29, 0.717) is 13.2 Å². The fraction of sp³-hybridized carbons (Fsp3) is 0.778. The Morgan fingerprint density at radius 2 is 2.07 bits per heavy atom. The van der Waals surface area contributed by atoms with Gasteiger partial charge in [0.1, 0.15) is 0 Å². The first-order valence-corrected chi connectivity index (χ1v) is 4.62. The maximum Gasteiger partial charge on any atom is 0.409 e. The molecule has 0 saturated carbocycles. The van der Waals surface area contributed by atoms with Crippen LogP contribution < -0.4 is 5.32 Å². The van der Waals surface area contributed by atoms with E-state index in [0.717, 1.165) is 0 Å². The molecule has 0 heterocycles. The number of carbonyl (C=O) groups is 2. The van der Waals surface area contributed by atoms with Crippen LogP contribution in [0.1, 0.15) is 13.8 Å². The quantitative estimate of drug-likeness (QED) is 0.720. The van der Waals surface area contributed by atoms with Crippen molar-refractivity contribution in [2.75, 3.05) is 27.2 Å². The maximum atomic E-state index is 11.2. The highest BCUT2D eigenvalue weighted by Gasteiger charge is 2.17. The standard InChI is InChI=1S/C9H18N2O3/c1-5-14-9(13)11(4)6-7(2)8(12)10-3/h7H,5-6H2,1-4H3,(H,10,12). The summed E-state index contributed by atoms with van der Waals surface area (Å²) in [4.78, 5) is 23.7. The molecule has 0 rings (SSSR count). The van der Waals surface area contributed by atoms with Gasteiger partial charge in [-0.3, -0.25) is 4.79 Å². The lowest BCUT2D eigenvalue weighted by molar-refractivity contribution is -0.124. The minimum Gasteiger partial charge on any atom is -0.450 e. The van der Waals surface area contributed by atoms with Gasteiger partial charge in [0.05, 0.1) is 12.5 Å². The van der Waals surface area contributed by atoms with Crippen molar-refractivity contribution in [2.45, 2.75) is 13.8 Å². The van der Waals surface area contributed by atoms with Crippen LogP contribution in [0.2, 0.25) is 0 Å². The van der Waals surface area contributed by atoms with Crippen molar-refractivity contribution in [3.05, 3.63) is 0 Å². The van der Waals surface area contributed by atoms with E-state index in [2.05, 4.69) is 5.32 Å². The Bertz CT molecular complexity index is 206. The third-order valence-corrected chi connectivity index (χ3v) is 1.82. The third kappa shape index (κ3) is 4.11. The van der Waals surface area contributed by atoms with Gasteiger partial charge in [0, 0.05) is 20.6 Å². The summed E-state index contributed by atoms with van der Waals surface area (Å²) < 4.78 is 4.77. The van der Waals surface area contributed by atoms with Crippen LogP contribution in [0, 0.1) is 5.92 Å². The lowest BCUT2D eigenvalue weighted by Gasteiger charge is -2.19. The van der Waals surface area contributed by atoms with Crippen LogP contribution in [0.25, 0.3) is 0 Å². The molecule has 0 fully saturated rings. The highest BCUT2D eigenvalue weighted by Crippen LogP contribution is 1.99. The molecule has 0 aliphatic rings. The van der Waals surface area contributed by atoms with E-state index in [1.54, 1.807) is 27.9 Å². The van der Waals surface area contributed by atoms with Crippen molar-refractivity contribution < 1.29 is 14.3 Å². The topological polar surface area (TPSA) is 58.6 Å². The average Bonchev–Trinajstić information content (AvgIpc) is 2.16. The van der Waals surface area contributed by atoms with Crippen LogP contribution in [0.5, 0.6) is 0 Å². The molecule has 5 heteroatoms. The molecule has 0 bridgehead atoms. The first-order valence-electron chi connectivity index (χ1n) is 4.62. The van der Waals surface area contributed by atoms with Gasteiger partial charge in [-0.15, -0.1) is 0 Å². The molecule has 1 unspecified atom stereocenters. The number of carbonyl (C=O) groups excluding carboxylic acids is 2. The highest BCUT2D eigenvalue weighted by atomic mass is 16.5. The molecule has 0 aliphatic heterocycles. The molecule has 5 nitrogen and oxygen atoms in total. The molecule has 0 aromatic rings. The lowest BCUT2D eigenvalue weighted by atomic mass is 10.1. The highest BCUT2D eigenvalue weighted by molar-refractivity contribution is 5.78. The molecule has 82 valence electrons. The van der Waals surface area contributed by atoms with Crippen molar-refractivity contribution >= 4 is 12.0 Å². The summed E-state index contributed by atoms with van der Waals surface area (Å²) in [7, 11) is 3.18. The molecule has 14 heavy (non-hydrogen) atoms. The molecule has 0 aromatic carbocycles. The van der Waals surface area contributed by atoms with Crippen LogP contribution in [-0.2, 0) is 9.53 Å². The summed E-state index contributed by atoms with van der Waals surface area (Å²) in [6.07, 6.45) is -0.400. The van der Waals surface area contributed by atoms with Crippen molar-refractivity contribution in [1.82, 2.24) is 10.2 Å². The molecule has 0 saturated heterocycles. The Balaban J connectivity index is 3.98. The monoisotopic (exact) mass is 202 g/mol. The van der Waals surface area contributed by atoms with Gasteiger partial charge in [-0.1, -0.05) is 6.92 Å². The number of nitrogens with one attached hydrogen (secondary N) is 1. The first-order chi connectivity index (χ1) is 6.52. The Morgan fingerprint density at radius 3 is 2.50 bits per heavy atom. The summed E-state index contributed by atoms with van der Waals surface area (Å²) in [5.74, 6) is -0.310. The first kappa shape index (κ1) is 12.7. The van der Waals surface area contributed by atoms with E-state index in [9.17, 15) is 9.59 Å². The minimum atomic E-state index is -0.400. The zero-order chi connectivity index (χ0) is 11.1. The van der Waals surface area contributed by atoms with E-state index in [1.807, 2.05) is 0 Å². The maximum absolute atomic E-state index is 11.2. The van der Waals surface area contributed by atoms with Crippen molar-refractivity contribution in [3.63, 3.8) is 0 Å². The van der Waals surface area contributed by atoms with Gasteiger partial charge in [-0.2, -0.15) is 0 Å². The van der Waals surface area contributed by atoms with Crippen LogP contribution in [0.4, 0.5) is 4.79 Å². The summed E-state index contributed by atoms with van der Waals surface area (Å²) in [6.45, 7) is 4.21. The Morgan fingerprint density at radius 1 is 1.50 bits per heavy atom.